The summed E-state index contributed by atoms with van der Waals surface area (Å²) in [7, 11) is 0. The fourth-order valence-corrected chi connectivity index (χ4v) is 0.378. The molecule has 0 aliphatic heterocycles. The van der Waals surface area contributed by atoms with E-state index in [9.17, 15) is 4.79 Å². The van der Waals surface area contributed by atoms with Gasteiger partial charge in [0.15, 0.2) is 0 Å². The van der Waals surface area contributed by atoms with Crippen LogP contribution < -0.4 is 5.73 Å². The van der Waals surface area contributed by atoms with Gasteiger partial charge in [0.2, 0.25) is 0 Å². The molecule has 0 saturated heterocycles. The van der Waals surface area contributed by atoms with Crippen molar-refractivity contribution in [2.24, 2.45) is 5.73 Å². The second-order valence-electron chi connectivity index (χ2n) is 2.96. The van der Waals surface area contributed by atoms with Gasteiger partial charge in [-0.2, -0.15) is 0 Å². The fraction of sp³-hybridized carbons (Fsp3) is 0.857. The topological polar surface area (TPSA) is 72.5 Å². The molecule has 0 bridgehead atoms. The Bertz CT molecular complexity index is 143. The predicted octanol–water partition coefficient (Wildman–Crippen LogP) is -0.352. The molecule has 3 N–H and O–H groups in total. The van der Waals surface area contributed by atoms with E-state index in [4.69, 9.17) is 10.8 Å². The van der Waals surface area contributed by atoms with Gasteiger partial charge in [0.1, 0.15) is 6.61 Å². The first-order valence-electron chi connectivity index (χ1n) is 3.46. The van der Waals surface area contributed by atoms with Crippen LogP contribution in [0.5, 0.6) is 0 Å². The van der Waals surface area contributed by atoms with Crippen LogP contribution in [0.4, 0.5) is 0 Å². The van der Waals surface area contributed by atoms with Gasteiger partial charge in [-0.15, -0.1) is 0 Å². The molecule has 0 spiro atoms. The van der Waals surface area contributed by atoms with Crippen LogP contribution >= 0.6 is 0 Å². The minimum absolute atomic E-state index is 0.0417. The van der Waals surface area contributed by atoms with Crippen LogP contribution in [0.25, 0.3) is 0 Å². The highest BCUT2D eigenvalue weighted by Gasteiger charge is 2.25. The highest BCUT2D eigenvalue weighted by Crippen LogP contribution is 2.05. The van der Waals surface area contributed by atoms with Crippen molar-refractivity contribution in [3.8, 4) is 0 Å². The number of hydrogen-bond donors (Lipinski definition) is 2. The monoisotopic (exact) mass is 161 g/mol. The van der Waals surface area contributed by atoms with Gasteiger partial charge in [-0.3, -0.25) is 4.79 Å². The molecule has 11 heavy (non-hydrogen) atoms. The lowest BCUT2D eigenvalue weighted by atomic mass is 9.99. The van der Waals surface area contributed by atoms with Crippen LogP contribution in [0.1, 0.15) is 20.8 Å². The lowest BCUT2D eigenvalue weighted by Gasteiger charge is -2.26. The number of carbonyl (C=O) groups is 1. The van der Waals surface area contributed by atoms with Crippen molar-refractivity contribution in [1.29, 1.82) is 0 Å². The number of ether oxygens (including phenoxy) is 1. The first-order chi connectivity index (χ1) is 4.86. The molecule has 0 amide bonds. The van der Waals surface area contributed by atoms with Crippen LogP contribution in [0.2, 0.25) is 0 Å². The summed E-state index contributed by atoms with van der Waals surface area (Å²) in [5, 5.41) is 9.08. The second kappa shape index (κ2) is 3.69. The SMILES string of the molecule is CC(=O)OC[C@](C)(N)[C@@H](C)O. The van der Waals surface area contributed by atoms with E-state index in [0.717, 1.165) is 0 Å². The second-order valence-corrected chi connectivity index (χ2v) is 2.96. The summed E-state index contributed by atoms with van der Waals surface area (Å²) in [5.74, 6) is -0.387. The van der Waals surface area contributed by atoms with Crippen molar-refractivity contribution in [2.45, 2.75) is 32.4 Å². The van der Waals surface area contributed by atoms with Gasteiger partial charge in [0.25, 0.3) is 0 Å². The minimum Gasteiger partial charge on any atom is -0.464 e. The number of hydrogen-bond acceptors (Lipinski definition) is 4. The molecule has 0 unspecified atom stereocenters. The zero-order valence-electron chi connectivity index (χ0n) is 7.13. The molecule has 0 aromatic heterocycles. The van der Waals surface area contributed by atoms with Crippen molar-refractivity contribution in [3.63, 3.8) is 0 Å². The molecule has 66 valence electrons. The molecule has 0 aliphatic carbocycles. The first-order valence-corrected chi connectivity index (χ1v) is 3.46. The van der Waals surface area contributed by atoms with Gasteiger partial charge in [-0.05, 0) is 13.8 Å². The van der Waals surface area contributed by atoms with Crippen molar-refractivity contribution >= 4 is 5.97 Å². The van der Waals surface area contributed by atoms with E-state index in [1.54, 1.807) is 13.8 Å². The van der Waals surface area contributed by atoms with Crippen molar-refractivity contribution in [1.82, 2.24) is 0 Å². The lowest BCUT2D eigenvalue weighted by molar-refractivity contribution is -0.143. The maximum atomic E-state index is 10.4. The van der Waals surface area contributed by atoms with E-state index in [-0.39, 0.29) is 12.6 Å². The summed E-state index contributed by atoms with van der Waals surface area (Å²) in [6.45, 7) is 4.53. The molecule has 2 atom stereocenters. The Morgan fingerprint density at radius 1 is 1.82 bits per heavy atom. The molecule has 0 rings (SSSR count). The van der Waals surface area contributed by atoms with Crippen molar-refractivity contribution in [2.75, 3.05) is 6.61 Å². The van der Waals surface area contributed by atoms with Crippen LogP contribution in [0.15, 0.2) is 0 Å². The number of aliphatic hydroxyl groups excluding tert-OH is 1. The van der Waals surface area contributed by atoms with Gasteiger partial charge in [-0.1, -0.05) is 0 Å². The van der Waals surface area contributed by atoms with E-state index in [1.807, 2.05) is 0 Å². The molecule has 0 fully saturated rings. The Kier molecular flexibility index (Phi) is 3.48. The van der Waals surface area contributed by atoms with E-state index < -0.39 is 11.6 Å². The Balaban J connectivity index is 3.82. The summed E-state index contributed by atoms with van der Waals surface area (Å²) >= 11 is 0. The average Bonchev–Trinajstić information content (AvgIpc) is 1.84. The number of esters is 1. The normalized spacial score (nSPS) is 18.6. The Morgan fingerprint density at radius 2 is 2.27 bits per heavy atom. The van der Waals surface area contributed by atoms with Crippen LogP contribution in [-0.4, -0.2) is 29.3 Å². The highest BCUT2D eigenvalue weighted by molar-refractivity contribution is 5.65. The lowest BCUT2D eigenvalue weighted by Crippen LogP contribution is -2.50. The molecule has 0 aliphatic rings. The summed E-state index contributed by atoms with van der Waals surface area (Å²) < 4.78 is 4.64. The van der Waals surface area contributed by atoms with E-state index >= 15 is 0 Å². The maximum Gasteiger partial charge on any atom is 0.302 e. The number of carbonyl (C=O) groups excluding carboxylic acids is 1. The summed E-state index contributed by atoms with van der Waals surface area (Å²) in [6, 6.07) is 0. The molecular formula is C7H15NO3. The van der Waals surface area contributed by atoms with Crippen molar-refractivity contribution < 1.29 is 14.6 Å². The molecule has 0 aromatic rings. The van der Waals surface area contributed by atoms with Gasteiger partial charge in [0, 0.05) is 6.92 Å². The Hall–Kier alpha value is -0.610. The molecule has 0 saturated carbocycles. The molecule has 0 heterocycles. The summed E-state index contributed by atoms with van der Waals surface area (Å²) in [6.07, 6.45) is -0.693. The van der Waals surface area contributed by atoms with E-state index in [1.165, 1.54) is 6.92 Å². The van der Waals surface area contributed by atoms with Crippen LogP contribution in [0.3, 0.4) is 0 Å². The minimum atomic E-state index is -0.855. The molecule has 4 heteroatoms. The third-order valence-corrected chi connectivity index (χ3v) is 1.54. The zero-order valence-corrected chi connectivity index (χ0v) is 7.13. The van der Waals surface area contributed by atoms with Gasteiger partial charge < -0.3 is 15.6 Å². The predicted molar refractivity (Wildman–Crippen MR) is 40.9 cm³/mol. The van der Waals surface area contributed by atoms with Crippen molar-refractivity contribution in [3.05, 3.63) is 0 Å². The number of rotatable bonds is 3. The standard InChI is InChI=1S/C7H15NO3/c1-5(9)7(3,8)4-11-6(2)10/h5,9H,4,8H2,1-3H3/t5-,7+/m1/s1. The summed E-state index contributed by atoms with van der Waals surface area (Å²) in [5.41, 5.74) is 4.73. The fourth-order valence-electron chi connectivity index (χ4n) is 0.378. The van der Waals surface area contributed by atoms with Gasteiger partial charge >= 0.3 is 5.97 Å². The largest absolute Gasteiger partial charge is 0.464 e. The molecule has 4 nitrogen and oxygen atoms in total. The number of aliphatic hydroxyl groups is 1. The average molecular weight is 161 g/mol. The Labute approximate surface area is 66.3 Å². The third-order valence-electron chi connectivity index (χ3n) is 1.54. The third kappa shape index (κ3) is 3.95. The van der Waals surface area contributed by atoms with E-state index in [2.05, 4.69) is 4.74 Å². The first kappa shape index (κ1) is 10.4. The smallest absolute Gasteiger partial charge is 0.302 e. The van der Waals surface area contributed by atoms with E-state index in [0.29, 0.717) is 0 Å². The van der Waals surface area contributed by atoms with Gasteiger partial charge in [-0.25, -0.2) is 0 Å². The Morgan fingerprint density at radius 3 is 2.55 bits per heavy atom. The number of nitrogens with two attached hydrogens (primary N) is 1. The zero-order chi connectivity index (χ0) is 9.07. The van der Waals surface area contributed by atoms with Gasteiger partial charge in [0.05, 0.1) is 11.6 Å². The van der Waals surface area contributed by atoms with Crippen LogP contribution in [-0.2, 0) is 9.53 Å². The highest BCUT2D eigenvalue weighted by atomic mass is 16.5. The molecular weight excluding hydrogens is 146 g/mol. The maximum absolute atomic E-state index is 10.4. The summed E-state index contributed by atoms with van der Waals surface area (Å²) in [4.78, 5) is 10.4. The van der Waals surface area contributed by atoms with Crippen LogP contribution in [0, 0.1) is 0 Å². The molecule has 0 radical (unpaired) electrons. The quantitative estimate of drug-likeness (QED) is 0.555. The molecule has 0 aromatic carbocycles.